The summed E-state index contributed by atoms with van der Waals surface area (Å²) in [4.78, 5) is 0.181. The van der Waals surface area contributed by atoms with E-state index in [0.29, 0.717) is 11.1 Å². The van der Waals surface area contributed by atoms with E-state index in [1.807, 2.05) is 13.0 Å². The summed E-state index contributed by atoms with van der Waals surface area (Å²) in [5.74, 6) is -0.371. The zero-order valence-corrected chi connectivity index (χ0v) is 13.0. The second-order valence-corrected chi connectivity index (χ2v) is 7.32. The SMILES string of the molecule is Cc1cc(C)c(C(N)c2cccc(S(C)(=O)=O)c2)c(F)c1. The monoisotopic (exact) mass is 307 g/mol. The number of sulfone groups is 1. The number of hydrogen-bond donors (Lipinski definition) is 1. The highest BCUT2D eigenvalue weighted by molar-refractivity contribution is 7.90. The van der Waals surface area contributed by atoms with Crippen molar-refractivity contribution in [2.75, 3.05) is 6.26 Å². The van der Waals surface area contributed by atoms with E-state index in [-0.39, 0.29) is 10.7 Å². The normalized spacial score (nSPS) is 13.2. The van der Waals surface area contributed by atoms with Gasteiger partial charge in [0.05, 0.1) is 10.9 Å². The minimum Gasteiger partial charge on any atom is -0.320 e. The number of hydrogen-bond acceptors (Lipinski definition) is 3. The lowest BCUT2D eigenvalue weighted by Crippen LogP contribution is -2.16. The van der Waals surface area contributed by atoms with E-state index in [1.54, 1.807) is 19.1 Å². The van der Waals surface area contributed by atoms with Gasteiger partial charge in [-0.3, -0.25) is 0 Å². The molecule has 0 spiro atoms. The Balaban J connectivity index is 2.53. The van der Waals surface area contributed by atoms with E-state index >= 15 is 0 Å². The van der Waals surface area contributed by atoms with E-state index in [2.05, 4.69) is 0 Å². The van der Waals surface area contributed by atoms with Crippen molar-refractivity contribution in [3.8, 4) is 0 Å². The van der Waals surface area contributed by atoms with Crippen LogP contribution in [0.5, 0.6) is 0 Å². The average Bonchev–Trinajstić information content (AvgIpc) is 2.36. The second kappa shape index (κ2) is 5.58. The van der Waals surface area contributed by atoms with Gasteiger partial charge in [0.15, 0.2) is 9.84 Å². The third-order valence-corrected chi connectivity index (χ3v) is 4.55. The lowest BCUT2D eigenvalue weighted by Gasteiger charge is -2.17. The van der Waals surface area contributed by atoms with Gasteiger partial charge >= 0.3 is 0 Å². The Hall–Kier alpha value is -1.72. The van der Waals surface area contributed by atoms with Gasteiger partial charge < -0.3 is 5.73 Å². The summed E-state index contributed by atoms with van der Waals surface area (Å²) >= 11 is 0. The lowest BCUT2D eigenvalue weighted by molar-refractivity contribution is 0.595. The molecular weight excluding hydrogens is 289 g/mol. The van der Waals surface area contributed by atoms with Crippen molar-refractivity contribution in [3.63, 3.8) is 0 Å². The molecule has 0 amide bonds. The average molecular weight is 307 g/mol. The first-order valence-corrected chi connectivity index (χ1v) is 8.41. The first kappa shape index (κ1) is 15.7. The Bertz CT molecular complexity index is 762. The molecule has 1 unspecified atom stereocenters. The standard InChI is InChI=1S/C16H18FNO2S/c1-10-7-11(2)15(14(17)8-10)16(18)12-5-4-6-13(9-12)21(3,19)20/h4-9,16H,18H2,1-3H3. The molecule has 0 aliphatic carbocycles. The lowest BCUT2D eigenvalue weighted by atomic mass is 9.94. The predicted molar refractivity (Wildman–Crippen MR) is 81.5 cm³/mol. The molecule has 1 atom stereocenters. The molecule has 5 heteroatoms. The van der Waals surface area contributed by atoms with E-state index in [4.69, 9.17) is 5.73 Å². The highest BCUT2D eigenvalue weighted by Gasteiger charge is 2.18. The molecule has 0 saturated heterocycles. The molecule has 21 heavy (non-hydrogen) atoms. The summed E-state index contributed by atoms with van der Waals surface area (Å²) < 4.78 is 37.4. The van der Waals surface area contributed by atoms with Crippen molar-refractivity contribution in [2.45, 2.75) is 24.8 Å². The summed E-state index contributed by atoms with van der Waals surface area (Å²) in [5.41, 5.74) is 8.69. The minimum atomic E-state index is -3.32. The van der Waals surface area contributed by atoms with Gasteiger partial charge in [-0.2, -0.15) is 0 Å². The van der Waals surface area contributed by atoms with Gasteiger partial charge in [-0.1, -0.05) is 18.2 Å². The smallest absolute Gasteiger partial charge is 0.175 e. The summed E-state index contributed by atoms with van der Waals surface area (Å²) in [6, 6.07) is 8.92. The Kier molecular flexibility index (Phi) is 4.16. The van der Waals surface area contributed by atoms with Gasteiger partial charge in [-0.15, -0.1) is 0 Å². The Morgan fingerprint density at radius 3 is 2.38 bits per heavy atom. The van der Waals surface area contributed by atoms with Gasteiger partial charge in [-0.05, 0) is 48.7 Å². The van der Waals surface area contributed by atoms with Crippen molar-refractivity contribution in [2.24, 2.45) is 5.73 Å². The largest absolute Gasteiger partial charge is 0.320 e. The van der Waals surface area contributed by atoms with Crippen LogP contribution in [0.2, 0.25) is 0 Å². The summed E-state index contributed by atoms with van der Waals surface area (Å²) in [6.45, 7) is 3.61. The van der Waals surface area contributed by atoms with Crippen molar-refractivity contribution in [1.29, 1.82) is 0 Å². The Morgan fingerprint density at radius 2 is 1.81 bits per heavy atom. The van der Waals surface area contributed by atoms with Gasteiger partial charge in [0.2, 0.25) is 0 Å². The number of benzene rings is 2. The van der Waals surface area contributed by atoms with E-state index in [1.165, 1.54) is 18.2 Å². The van der Waals surface area contributed by atoms with Gasteiger partial charge in [0, 0.05) is 11.8 Å². The zero-order valence-electron chi connectivity index (χ0n) is 12.2. The fraction of sp³-hybridized carbons (Fsp3) is 0.250. The van der Waals surface area contributed by atoms with Crippen LogP contribution >= 0.6 is 0 Å². The zero-order chi connectivity index (χ0) is 15.8. The number of aryl methyl sites for hydroxylation is 2. The highest BCUT2D eigenvalue weighted by atomic mass is 32.2. The fourth-order valence-corrected chi connectivity index (χ4v) is 3.10. The molecule has 112 valence electrons. The maximum Gasteiger partial charge on any atom is 0.175 e. The molecule has 2 aromatic rings. The first-order chi connectivity index (χ1) is 9.70. The van der Waals surface area contributed by atoms with Crippen LogP contribution in [0.1, 0.15) is 28.3 Å². The highest BCUT2D eigenvalue weighted by Crippen LogP contribution is 2.27. The van der Waals surface area contributed by atoms with Crippen molar-refractivity contribution in [3.05, 3.63) is 64.5 Å². The molecular formula is C16H18FNO2S. The van der Waals surface area contributed by atoms with Crippen molar-refractivity contribution in [1.82, 2.24) is 0 Å². The molecule has 0 aromatic heterocycles. The first-order valence-electron chi connectivity index (χ1n) is 6.52. The predicted octanol–water partition coefficient (Wildman–Crippen LogP) is 2.89. The number of nitrogens with two attached hydrogens (primary N) is 1. The minimum absolute atomic E-state index is 0.181. The van der Waals surface area contributed by atoms with Crippen LogP contribution in [0.4, 0.5) is 4.39 Å². The van der Waals surface area contributed by atoms with Crippen LogP contribution in [-0.2, 0) is 9.84 Å². The number of rotatable bonds is 3. The van der Waals surface area contributed by atoms with Crippen molar-refractivity contribution < 1.29 is 12.8 Å². The molecule has 0 aliphatic heterocycles. The molecule has 2 N–H and O–H groups in total. The molecule has 0 radical (unpaired) electrons. The fourth-order valence-electron chi connectivity index (χ4n) is 2.43. The van der Waals surface area contributed by atoms with E-state index in [0.717, 1.165) is 17.4 Å². The summed E-state index contributed by atoms with van der Waals surface area (Å²) in [7, 11) is -3.32. The van der Waals surface area contributed by atoms with Crippen LogP contribution in [0.15, 0.2) is 41.3 Å². The molecule has 2 rings (SSSR count). The van der Waals surface area contributed by atoms with Crippen LogP contribution in [-0.4, -0.2) is 14.7 Å². The van der Waals surface area contributed by atoms with Crippen LogP contribution < -0.4 is 5.73 Å². The van der Waals surface area contributed by atoms with Crippen LogP contribution in [0.3, 0.4) is 0 Å². The number of halogens is 1. The van der Waals surface area contributed by atoms with E-state index in [9.17, 15) is 12.8 Å². The Morgan fingerprint density at radius 1 is 1.14 bits per heavy atom. The molecule has 0 fully saturated rings. The third-order valence-electron chi connectivity index (χ3n) is 3.44. The summed E-state index contributed by atoms with van der Waals surface area (Å²) in [6.07, 6.45) is 1.13. The van der Waals surface area contributed by atoms with Gasteiger partial charge in [0.1, 0.15) is 5.82 Å². The van der Waals surface area contributed by atoms with Crippen molar-refractivity contribution >= 4 is 9.84 Å². The molecule has 0 aliphatic rings. The molecule has 3 nitrogen and oxygen atoms in total. The summed E-state index contributed by atoms with van der Waals surface area (Å²) in [5, 5.41) is 0. The van der Waals surface area contributed by atoms with Crippen LogP contribution in [0.25, 0.3) is 0 Å². The maximum atomic E-state index is 14.2. The topological polar surface area (TPSA) is 60.2 Å². The molecule has 0 bridgehead atoms. The van der Waals surface area contributed by atoms with E-state index < -0.39 is 15.9 Å². The second-order valence-electron chi connectivity index (χ2n) is 5.30. The Labute approximate surface area is 124 Å². The third kappa shape index (κ3) is 3.31. The molecule has 0 saturated carbocycles. The molecule has 0 heterocycles. The van der Waals surface area contributed by atoms with Gasteiger partial charge in [-0.25, -0.2) is 12.8 Å². The quantitative estimate of drug-likeness (QED) is 0.948. The molecule has 2 aromatic carbocycles. The maximum absolute atomic E-state index is 14.2. The van der Waals surface area contributed by atoms with Crippen LogP contribution in [0, 0.1) is 19.7 Å². The van der Waals surface area contributed by atoms with Gasteiger partial charge in [0.25, 0.3) is 0 Å².